The SMILES string of the molecule is CNC(=O)CN1C(=O)C(=O)N(CCC2=CCCCC2)C1=O. The van der Waals surface area contributed by atoms with Crippen molar-refractivity contribution in [2.45, 2.75) is 32.1 Å². The Balaban J connectivity index is 1.98. The van der Waals surface area contributed by atoms with Crippen LogP contribution in [-0.4, -0.2) is 53.7 Å². The van der Waals surface area contributed by atoms with E-state index >= 15 is 0 Å². The molecule has 0 aromatic carbocycles. The molecule has 1 heterocycles. The van der Waals surface area contributed by atoms with E-state index in [1.807, 2.05) is 0 Å². The van der Waals surface area contributed by atoms with Crippen molar-refractivity contribution in [3.63, 3.8) is 0 Å². The number of hydrogen-bond acceptors (Lipinski definition) is 4. The number of carbonyl (C=O) groups is 4. The number of urea groups is 1. The predicted octanol–water partition coefficient (Wildman–Crippen LogP) is 0.414. The Bertz CT molecular complexity index is 512. The van der Waals surface area contributed by atoms with Crippen LogP contribution in [0.4, 0.5) is 4.79 Å². The minimum Gasteiger partial charge on any atom is -0.358 e. The van der Waals surface area contributed by atoms with Gasteiger partial charge in [0.05, 0.1) is 0 Å². The summed E-state index contributed by atoms with van der Waals surface area (Å²) >= 11 is 0. The van der Waals surface area contributed by atoms with Crippen LogP contribution in [0.3, 0.4) is 0 Å². The number of amides is 5. The number of nitrogens with one attached hydrogen (secondary N) is 1. The maximum Gasteiger partial charge on any atom is 0.334 e. The van der Waals surface area contributed by atoms with E-state index in [0.29, 0.717) is 11.3 Å². The molecule has 0 bridgehead atoms. The molecule has 0 spiro atoms. The van der Waals surface area contributed by atoms with Crippen molar-refractivity contribution in [2.75, 3.05) is 20.1 Å². The van der Waals surface area contributed by atoms with Crippen LogP contribution in [0.15, 0.2) is 11.6 Å². The summed E-state index contributed by atoms with van der Waals surface area (Å²) in [4.78, 5) is 48.5. The van der Waals surface area contributed by atoms with Crippen molar-refractivity contribution < 1.29 is 19.2 Å². The van der Waals surface area contributed by atoms with Gasteiger partial charge in [-0.3, -0.25) is 19.3 Å². The third-order valence-electron chi connectivity index (χ3n) is 3.76. The first-order chi connectivity index (χ1) is 10.0. The van der Waals surface area contributed by atoms with E-state index < -0.39 is 30.3 Å². The summed E-state index contributed by atoms with van der Waals surface area (Å²) in [6, 6.07) is -0.704. The van der Waals surface area contributed by atoms with Crippen LogP contribution >= 0.6 is 0 Å². The molecule has 0 saturated carbocycles. The fourth-order valence-electron chi connectivity index (χ4n) is 2.50. The van der Waals surface area contributed by atoms with Gasteiger partial charge < -0.3 is 5.32 Å². The normalized spacial score (nSPS) is 19.1. The second kappa shape index (κ2) is 6.51. The van der Waals surface area contributed by atoms with E-state index in [2.05, 4.69) is 11.4 Å². The summed E-state index contributed by atoms with van der Waals surface area (Å²) < 4.78 is 0. The van der Waals surface area contributed by atoms with E-state index in [1.165, 1.54) is 19.0 Å². The van der Waals surface area contributed by atoms with Gasteiger partial charge in [0, 0.05) is 13.6 Å². The fourth-order valence-corrected chi connectivity index (χ4v) is 2.50. The molecular weight excluding hydrogens is 274 g/mol. The number of allylic oxidation sites excluding steroid dienone is 1. The highest BCUT2D eigenvalue weighted by Gasteiger charge is 2.44. The van der Waals surface area contributed by atoms with Gasteiger partial charge in [-0.05, 0) is 32.1 Å². The molecule has 7 nitrogen and oxygen atoms in total. The lowest BCUT2D eigenvalue weighted by atomic mass is 9.97. The lowest BCUT2D eigenvalue weighted by Gasteiger charge is -2.17. The van der Waals surface area contributed by atoms with Crippen LogP contribution in [-0.2, 0) is 14.4 Å². The van der Waals surface area contributed by atoms with E-state index in [9.17, 15) is 19.2 Å². The number of imide groups is 2. The largest absolute Gasteiger partial charge is 0.358 e. The first-order valence-corrected chi connectivity index (χ1v) is 7.10. The summed E-state index contributed by atoms with van der Waals surface area (Å²) in [5, 5.41) is 2.32. The Kier molecular flexibility index (Phi) is 4.72. The van der Waals surface area contributed by atoms with Gasteiger partial charge in [-0.15, -0.1) is 0 Å². The van der Waals surface area contributed by atoms with Crippen molar-refractivity contribution >= 4 is 23.8 Å². The summed E-state index contributed by atoms with van der Waals surface area (Å²) in [6.45, 7) is -0.224. The Labute approximate surface area is 122 Å². The minimum absolute atomic E-state index is 0.194. The third-order valence-corrected chi connectivity index (χ3v) is 3.76. The van der Waals surface area contributed by atoms with Gasteiger partial charge in [0.1, 0.15) is 6.54 Å². The van der Waals surface area contributed by atoms with Gasteiger partial charge in [0.2, 0.25) is 5.91 Å². The third kappa shape index (κ3) is 3.29. The molecule has 7 heteroatoms. The molecule has 0 atom stereocenters. The van der Waals surface area contributed by atoms with Gasteiger partial charge >= 0.3 is 17.8 Å². The molecule has 1 aliphatic heterocycles. The smallest absolute Gasteiger partial charge is 0.334 e. The van der Waals surface area contributed by atoms with E-state index in [4.69, 9.17) is 0 Å². The highest BCUT2D eigenvalue weighted by Crippen LogP contribution is 2.21. The van der Waals surface area contributed by atoms with Crippen LogP contribution in [0.1, 0.15) is 32.1 Å². The Hall–Kier alpha value is -2.18. The molecule has 1 fully saturated rings. The zero-order chi connectivity index (χ0) is 15.4. The molecule has 0 aromatic heterocycles. The minimum atomic E-state index is -0.929. The van der Waals surface area contributed by atoms with Gasteiger partial charge in [0.15, 0.2) is 0 Å². The molecule has 0 aromatic rings. The van der Waals surface area contributed by atoms with Crippen molar-refractivity contribution in [3.05, 3.63) is 11.6 Å². The van der Waals surface area contributed by atoms with E-state index in [0.717, 1.165) is 24.2 Å². The van der Waals surface area contributed by atoms with Crippen LogP contribution in [0.2, 0.25) is 0 Å². The average molecular weight is 293 g/mol. The maximum atomic E-state index is 12.1. The van der Waals surface area contributed by atoms with Crippen LogP contribution in [0, 0.1) is 0 Å². The molecular formula is C14H19N3O4. The molecule has 1 saturated heterocycles. The zero-order valence-corrected chi connectivity index (χ0v) is 12.1. The molecule has 1 N–H and O–H groups in total. The number of hydrogen-bond donors (Lipinski definition) is 1. The van der Waals surface area contributed by atoms with Gasteiger partial charge in [-0.2, -0.15) is 0 Å². The lowest BCUT2D eigenvalue weighted by Crippen LogP contribution is -2.40. The highest BCUT2D eigenvalue weighted by atomic mass is 16.2. The lowest BCUT2D eigenvalue weighted by molar-refractivity contribution is -0.144. The molecule has 0 unspecified atom stereocenters. The van der Waals surface area contributed by atoms with Crippen LogP contribution < -0.4 is 5.32 Å². The summed E-state index contributed by atoms with van der Waals surface area (Å²) in [7, 11) is 1.41. The quantitative estimate of drug-likeness (QED) is 0.452. The predicted molar refractivity (Wildman–Crippen MR) is 74.1 cm³/mol. The molecule has 0 radical (unpaired) electrons. The molecule has 1 aliphatic carbocycles. The van der Waals surface area contributed by atoms with Crippen molar-refractivity contribution in [1.29, 1.82) is 0 Å². The monoisotopic (exact) mass is 293 g/mol. The van der Waals surface area contributed by atoms with Gasteiger partial charge in [-0.1, -0.05) is 11.6 Å². The maximum absolute atomic E-state index is 12.1. The van der Waals surface area contributed by atoms with Crippen molar-refractivity contribution in [2.24, 2.45) is 0 Å². The topological polar surface area (TPSA) is 86.8 Å². The first kappa shape index (κ1) is 15.2. The number of nitrogens with zero attached hydrogens (tertiary/aromatic N) is 2. The second-order valence-corrected chi connectivity index (χ2v) is 5.16. The van der Waals surface area contributed by atoms with Crippen molar-refractivity contribution in [1.82, 2.24) is 15.1 Å². The Morgan fingerprint density at radius 3 is 2.52 bits per heavy atom. The van der Waals surface area contributed by atoms with Crippen LogP contribution in [0.25, 0.3) is 0 Å². The molecule has 21 heavy (non-hydrogen) atoms. The van der Waals surface area contributed by atoms with Crippen molar-refractivity contribution in [3.8, 4) is 0 Å². The molecule has 5 amide bonds. The molecule has 114 valence electrons. The summed E-state index contributed by atoms with van der Waals surface area (Å²) in [5.74, 6) is -2.26. The summed E-state index contributed by atoms with van der Waals surface area (Å²) in [6.07, 6.45) is 7.03. The number of rotatable bonds is 5. The second-order valence-electron chi connectivity index (χ2n) is 5.16. The Morgan fingerprint density at radius 2 is 1.90 bits per heavy atom. The Morgan fingerprint density at radius 1 is 1.19 bits per heavy atom. The highest BCUT2D eigenvalue weighted by molar-refractivity contribution is 6.45. The van der Waals surface area contributed by atoms with Gasteiger partial charge in [-0.25, -0.2) is 9.69 Å². The number of likely N-dealkylation sites (N-methyl/N-ethyl adjacent to an activating group) is 1. The zero-order valence-electron chi connectivity index (χ0n) is 12.1. The van der Waals surface area contributed by atoms with E-state index in [-0.39, 0.29) is 6.54 Å². The average Bonchev–Trinajstić information content (AvgIpc) is 2.70. The van der Waals surface area contributed by atoms with E-state index in [1.54, 1.807) is 0 Å². The molecule has 2 rings (SSSR count). The number of carbonyl (C=O) groups excluding carboxylic acids is 4. The van der Waals surface area contributed by atoms with Gasteiger partial charge in [0.25, 0.3) is 0 Å². The first-order valence-electron chi connectivity index (χ1n) is 7.10. The summed E-state index contributed by atoms with van der Waals surface area (Å²) in [5.41, 5.74) is 1.22. The molecule has 2 aliphatic rings. The fraction of sp³-hybridized carbons (Fsp3) is 0.571. The standard InChI is InChI=1S/C14H19N3O4/c1-15-11(18)9-17-13(20)12(19)16(14(17)21)8-7-10-5-3-2-4-6-10/h5H,2-4,6-9H2,1H3,(H,15,18). The van der Waals surface area contributed by atoms with Crippen LogP contribution in [0.5, 0.6) is 0 Å².